The molecule has 11 heteroatoms. The summed E-state index contributed by atoms with van der Waals surface area (Å²) >= 11 is 9.39. The summed E-state index contributed by atoms with van der Waals surface area (Å²) in [5, 5.41) is 3.36. The number of halogens is 2. The van der Waals surface area contributed by atoms with E-state index in [9.17, 15) is 18.0 Å². The Hall–Kier alpha value is -3.08. The van der Waals surface area contributed by atoms with Crippen molar-refractivity contribution in [1.82, 2.24) is 10.2 Å². The molecule has 1 atom stereocenters. The molecule has 0 radical (unpaired) electrons. The van der Waals surface area contributed by atoms with Crippen molar-refractivity contribution in [3.8, 4) is 5.75 Å². The van der Waals surface area contributed by atoms with Crippen molar-refractivity contribution in [1.29, 1.82) is 0 Å². The molecule has 0 aliphatic carbocycles. The zero-order valence-electron chi connectivity index (χ0n) is 22.9. The van der Waals surface area contributed by atoms with Gasteiger partial charge in [-0.1, -0.05) is 48.4 Å². The van der Waals surface area contributed by atoms with Crippen LogP contribution in [0.4, 0.5) is 5.69 Å². The molecule has 0 aliphatic heterocycles. The second-order valence-corrected chi connectivity index (χ2v) is 12.4. The molecule has 1 N–H and O–H groups in total. The summed E-state index contributed by atoms with van der Waals surface area (Å²) in [6.07, 6.45) is 0.737. The molecule has 0 heterocycles. The summed E-state index contributed by atoms with van der Waals surface area (Å²) in [6.45, 7) is 5.48. The van der Waals surface area contributed by atoms with Gasteiger partial charge in [0.05, 0.1) is 22.2 Å². The highest BCUT2D eigenvalue weighted by Crippen LogP contribution is 2.31. The van der Waals surface area contributed by atoms with Crippen LogP contribution < -0.4 is 14.4 Å². The van der Waals surface area contributed by atoms with Gasteiger partial charge in [0, 0.05) is 18.1 Å². The van der Waals surface area contributed by atoms with Crippen molar-refractivity contribution in [3.05, 3.63) is 87.4 Å². The quantitative estimate of drug-likeness (QED) is 0.277. The smallest absolute Gasteiger partial charge is 0.264 e. The summed E-state index contributed by atoms with van der Waals surface area (Å²) in [5.74, 6) is -0.392. The third kappa shape index (κ3) is 7.77. The number of sulfonamides is 1. The first kappa shape index (κ1) is 31.4. The Morgan fingerprint density at radius 1 is 1.05 bits per heavy atom. The van der Waals surface area contributed by atoms with E-state index in [0.717, 1.165) is 21.9 Å². The van der Waals surface area contributed by atoms with Crippen LogP contribution in [-0.2, 0) is 26.2 Å². The third-order valence-corrected chi connectivity index (χ3v) is 8.94. The van der Waals surface area contributed by atoms with Crippen molar-refractivity contribution >= 4 is 55.1 Å². The van der Waals surface area contributed by atoms with Gasteiger partial charge in [0.25, 0.3) is 10.0 Å². The van der Waals surface area contributed by atoms with Crippen LogP contribution in [0.3, 0.4) is 0 Å². The summed E-state index contributed by atoms with van der Waals surface area (Å²) in [4.78, 5) is 28.2. The average Bonchev–Trinajstić information content (AvgIpc) is 2.94. The Balaban J connectivity index is 2.03. The van der Waals surface area contributed by atoms with Gasteiger partial charge in [0.2, 0.25) is 11.8 Å². The standard InChI is InChI=1S/C29H33BrClN3O5S/c1-5-16-32-29(36)21(3)33(18-22-8-10-23(31)11-9-22)28(35)19-34(24-12-6-20(2)7-13-24)40(37,38)25-14-15-27(39-4)26(30)17-25/h6-15,17,21H,5,16,18-19H2,1-4H3,(H,32,36)/t21-/m1/s1. The molecule has 0 unspecified atom stereocenters. The molecule has 3 aromatic rings. The Morgan fingerprint density at radius 3 is 2.27 bits per heavy atom. The lowest BCUT2D eigenvalue weighted by atomic mass is 10.1. The fourth-order valence-corrected chi connectivity index (χ4v) is 6.20. The Labute approximate surface area is 249 Å². The summed E-state index contributed by atoms with van der Waals surface area (Å²) in [5.41, 5.74) is 2.00. The van der Waals surface area contributed by atoms with E-state index >= 15 is 0 Å². The maximum Gasteiger partial charge on any atom is 0.264 e. The zero-order chi connectivity index (χ0) is 29.4. The number of aryl methyl sites for hydroxylation is 1. The maximum absolute atomic E-state index is 14.0. The molecule has 40 heavy (non-hydrogen) atoms. The second-order valence-electron chi connectivity index (χ2n) is 9.26. The molecule has 0 bridgehead atoms. The first-order valence-corrected chi connectivity index (χ1v) is 15.3. The number of carbonyl (C=O) groups excluding carboxylic acids is 2. The van der Waals surface area contributed by atoms with Crippen LogP contribution in [0.25, 0.3) is 0 Å². The number of methoxy groups -OCH3 is 1. The SMILES string of the molecule is CCCNC(=O)[C@@H](C)N(Cc1ccc(Cl)cc1)C(=O)CN(c1ccc(C)cc1)S(=O)(=O)c1ccc(OC)c(Br)c1. The number of amides is 2. The first-order valence-electron chi connectivity index (χ1n) is 12.7. The number of ether oxygens (including phenoxy) is 1. The van der Waals surface area contributed by atoms with Gasteiger partial charge in [-0.05, 0) is 84.2 Å². The number of hydrogen-bond donors (Lipinski definition) is 1. The lowest BCUT2D eigenvalue weighted by Crippen LogP contribution is -2.51. The molecule has 0 saturated heterocycles. The van der Waals surface area contributed by atoms with E-state index < -0.39 is 28.5 Å². The highest BCUT2D eigenvalue weighted by atomic mass is 79.9. The number of carbonyl (C=O) groups is 2. The predicted molar refractivity (Wildman–Crippen MR) is 161 cm³/mol. The largest absolute Gasteiger partial charge is 0.496 e. The van der Waals surface area contributed by atoms with Gasteiger partial charge in [-0.2, -0.15) is 0 Å². The average molecular weight is 651 g/mol. The molecule has 0 spiro atoms. The number of nitrogens with one attached hydrogen (secondary N) is 1. The lowest BCUT2D eigenvalue weighted by Gasteiger charge is -2.32. The van der Waals surface area contributed by atoms with E-state index in [1.165, 1.54) is 24.1 Å². The van der Waals surface area contributed by atoms with Crippen LogP contribution in [0.15, 0.2) is 76.1 Å². The number of hydrogen-bond acceptors (Lipinski definition) is 5. The highest BCUT2D eigenvalue weighted by molar-refractivity contribution is 9.10. The van der Waals surface area contributed by atoms with Crippen LogP contribution in [0, 0.1) is 6.92 Å². The molecular weight excluding hydrogens is 618 g/mol. The fourth-order valence-electron chi connectivity index (χ4n) is 3.94. The molecule has 2 amide bonds. The van der Waals surface area contributed by atoms with Crippen molar-refractivity contribution in [2.75, 3.05) is 24.5 Å². The fraction of sp³-hybridized carbons (Fsp3) is 0.310. The normalized spacial score (nSPS) is 11.9. The zero-order valence-corrected chi connectivity index (χ0v) is 26.0. The minimum Gasteiger partial charge on any atom is -0.496 e. The number of benzene rings is 3. The molecule has 3 rings (SSSR count). The van der Waals surface area contributed by atoms with E-state index in [0.29, 0.717) is 27.5 Å². The Bertz CT molecular complexity index is 1430. The molecule has 8 nitrogen and oxygen atoms in total. The maximum atomic E-state index is 14.0. The summed E-state index contributed by atoms with van der Waals surface area (Å²) < 4.78 is 34.7. The highest BCUT2D eigenvalue weighted by Gasteiger charge is 2.32. The van der Waals surface area contributed by atoms with Gasteiger partial charge in [-0.3, -0.25) is 13.9 Å². The summed E-state index contributed by atoms with van der Waals surface area (Å²) in [6, 6.07) is 17.3. The summed E-state index contributed by atoms with van der Waals surface area (Å²) in [7, 11) is -2.71. The molecule has 0 aliphatic rings. The van der Waals surface area contributed by atoms with E-state index in [2.05, 4.69) is 21.2 Å². The lowest BCUT2D eigenvalue weighted by molar-refractivity contribution is -0.139. The molecular formula is C29H33BrClN3O5S. The van der Waals surface area contributed by atoms with Crippen LogP contribution in [0.2, 0.25) is 5.02 Å². The third-order valence-electron chi connectivity index (χ3n) is 6.29. The van der Waals surface area contributed by atoms with Crippen LogP contribution in [-0.4, -0.2) is 51.4 Å². The van der Waals surface area contributed by atoms with Gasteiger partial charge in [-0.25, -0.2) is 8.42 Å². The minimum atomic E-state index is -4.20. The first-order chi connectivity index (χ1) is 19.0. The van der Waals surface area contributed by atoms with Gasteiger partial charge in [-0.15, -0.1) is 0 Å². The number of rotatable bonds is 12. The number of nitrogens with zero attached hydrogens (tertiary/aromatic N) is 2. The van der Waals surface area contributed by atoms with E-state index in [1.807, 2.05) is 13.8 Å². The van der Waals surface area contributed by atoms with Crippen molar-refractivity contribution < 1.29 is 22.7 Å². The minimum absolute atomic E-state index is 0.0217. The van der Waals surface area contributed by atoms with Crippen molar-refractivity contribution in [3.63, 3.8) is 0 Å². The van der Waals surface area contributed by atoms with Crippen LogP contribution >= 0.6 is 27.5 Å². The Morgan fingerprint density at radius 2 is 1.70 bits per heavy atom. The van der Waals surface area contributed by atoms with E-state index in [4.69, 9.17) is 16.3 Å². The molecule has 0 fully saturated rings. The van der Waals surface area contributed by atoms with Gasteiger partial charge in [0.1, 0.15) is 18.3 Å². The molecule has 0 saturated carbocycles. The topological polar surface area (TPSA) is 96.0 Å². The predicted octanol–water partition coefficient (Wildman–Crippen LogP) is 5.56. The van der Waals surface area contributed by atoms with Crippen LogP contribution in [0.1, 0.15) is 31.4 Å². The number of anilines is 1. The molecule has 3 aromatic carbocycles. The van der Waals surface area contributed by atoms with Crippen molar-refractivity contribution in [2.45, 2.75) is 44.7 Å². The van der Waals surface area contributed by atoms with Crippen molar-refractivity contribution in [2.24, 2.45) is 0 Å². The van der Waals surface area contributed by atoms with Gasteiger partial charge < -0.3 is 15.0 Å². The van der Waals surface area contributed by atoms with E-state index in [1.54, 1.807) is 61.5 Å². The van der Waals surface area contributed by atoms with Gasteiger partial charge in [0.15, 0.2) is 0 Å². The molecule has 0 aromatic heterocycles. The van der Waals surface area contributed by atoms with Crippen LogP contribution in [0.5, 0.6) is 5.75 Å². The van der Waals surface area contributed by atoms with Gasteiger partial charge >= 0.3 is 0 Å². The monoisotopic (exact) mass is 649 g/mol. The molecule has 214 valence electrons. The Kier molecular flexibility index (Phi) is 11.0. The van der Waals surface area contributed by atoms with E-state index in [-0.39, 0.29) is 17.3 Å². The second kappa shape index (κ2) is 14.0.